The average molecular weight is 684 g/mol. The highest BCUT2D eigenvalue weighted by Crippen LogP contribution is 2.53. The van der Waals surface area contributed by atoms with Crippen molar-refractivity contribution in [2.75, 3.05) is 26.2 Å². The second-order valence-electron chi connectivity index (χ2n) is 13.1. The van der Waals surface area contributed by atoms with E-state index < -0.39 is 23.7 Å². The van der Waals surface area contributed by atoms with Crippen molar-refractivity contribution in [3.05, 3.63) is 118 Å². The highest BCUT2D eigenvalue weighted by atomic mass is 16.5. The van der Waals surface area contributed by atoms with Crippen molar-refractivity contribution in [2.45, 2.75) is 19.8 Å². The maximum absolute atomic E-state index is 14.3. The maximum Gasteiger partial charge on any atom is 0.238 e. The van der Waals surface area contributed by atoms with Gasteiger partial charge in [0.2, 0.25) is 11.8 Å². The molecule has 0 unspecified atom stereocenters. The van der Waals surface area contributed by atoms with Gasteiger partial charge in [0.1, 0.15) is 11.5 Å². The predicted octanol–water partition coefficient (Wildman–Crippen LogP) is 6.77. The Hall–Kier alpha value is -5.96. The lowest BCUT2D eigenvalue weighted by Gasteiger charge is -2.41. The number of hydrogen-bond acceptors (Lipinski definition) is 8. The van der Waals surface area contributed by atoms with Crippen LogP contribution in [0.15, 0.2) is 101 Å². The Kier molecular flexibility index (Phi) is 8.81. The number of imide groups is 1. The van der Waals surface area contributed by atoms with Crippen LogP contribution in [0.5, 0.6) is 23.0 Å². The van der Waals surface area contributed by atoms with E-state index in [1.54, 1.807) is 45.4 Å². The van der Waals surface area contributed by atoms with Crippen LogP contribution in [0.25, 0.3) is 18.2 Å². The summed E-state index contributed by atoms with van der Waals surface area (Å²) < 4.78 is 16.1. The monoisotopic (exact) mass is 683 g/mol. The zero-order chi connectivity index (χ0) is 36.0. The lowest BCUT2D eigenvalue weighted by Crippen LogP contribution is -2.40. The second kappa shape index (κ2) is 13.4. The summed E-state index contributed by atoms with van der Waals surface area (Å²) in [5, 5.41) is 10.1. The molecule has 3 aromatic carbocycles. The summed E-state index contributed by atoms with van der Waals surface area (Å²) in [5.74, 6) is -1.56. The molecule has 0 spiro atoms. The number of carbonyl (C=O) groups is 4. The Morgan fingerprint density at radius 2 is 1.53 bits per heavy atom. The summed E-state index contributed by atoms with van der Waals surface area (Å²) in [4.78, 5) is 56.5. The van der Waals surface area contributed by atoms with Crippen molar-refractivity contribution in [1.82, 2.24) is 0 Å². The van der Waals surface area contributed by atoms with E-state index in [0.29, 0.717) is 46.1 Å². The normalized spacial score (nSPS) is 22.9. The van der Waals surface area contributed by atoms with Gasteiger partial charge in [0.05, 0.1) is 38.9 Å². The largest absolute Gasteiger partial charge is 0.504 e. The van der Waals surface area contributed by atoms with E-state index >= 15 is 0 Å². The van der Waals surface area contributed by atoms with Gasteiger partial charge >= 0.3 is 0 Å². The minimum atomic E-state index is -0.675. The van der Waals surface area contributed by atoms with Crippen LogP contribution in [0.2, 0.25) is 0 Å². The Morgan fingerprint density at radius 3 is 2.25 bits per heavy atom. The molecule has 0 saturated carbocycles. The van der Waals surface area contributed by atoms with E-state index in [1.807, 2.05) is 60.7 Å². The van der Waals surface area contributed by atoms with Gasteiger partial charge in [0, 0.05) is 28.2 Å². The zero-order valence-corrected chi connectivity index (χ0v) is 28.7. The number of amides is 2. The number of carbonyl (C=O) groups excluding carboxylic acids is 4. The number of benzene rings is 3. The molecule has 3 aliphatic carbocycles. The molecule has 1 aliphatic heterocycles. The molecule has 1 heterocycles. The van der Waals surface area contributed by atoms with Gasteiger partial charge in [0.15, 0.2) is 23.1 Å². The second-order valence-corrected chi connectivity index (χ2v) is 13.1. The summed E-state index contributed by atoms with van der Waals surface area (Å²) in [6, 6.07) is 17.7. The molecule has 9 heteroatoms. The number of anilines is 1. The highest BCUT2D eigenvalue weighted by molar-refractivity contribution is 6.24. The Bertz CT molecular complexity index is 2130. The number of allylic oxidation sites excluding steroid dienone is 7. The summed E-state index contributed by atoms with van der Waals surface area (Å²) in [7, 11) is 4.67. The third-order valence-corrected chi connectivity index (χ3v) is 10.3. The molecule has 4 atom stereocenters. The first-order valence-corrected chi connectivity index (χ1v) is 16.8. The van der Waals surface area contributed by atoms with Crippen molar-refractivity contribution in [3.63, 3.8) is 0 Å². The number of fused-ring (bicyclic) bond motifs is 3. The number of phenolic OH excluding ortho intramolecular Hbond substituents is 1. The third-order valence-electron chi connectivity index (χ3n) is 10.3. The topological polar surface area (TPSA) is 119 Å². The molecule has 9 nitrogen and oxygen atoms in total. The van der Waals surface area contributed by atoms with Crippen LogP contribution >= 0.6 is 0 Å². The average Bonchev–Trinajstić information content (AvgIpc) is 3.41. The van der Waals surface area contributed by atoms with E-state index in [-0.39, 0.29) is 35.6 Å². The van der Waals surface area contributed by atoms with Crippen molar-refractivity contribution in [2.24, 2.45) is 23.7 Å². The van der Waals surface area contributed by atoms with Gasteiger partial charge in [-0.05, 0) is 85.4 Å². The summed E-state index contributed by atoms with van der Waals surface area (Å²) in [6.07, 6.45) is 11.4. The number of hydrogen-bond donors (Lipinski definition) is 1. The first-order valence-electron chi connectivity index (χ1n) is 16.8. The summed E-state index contributed by atoms with van der Waals surface area (Å²) in [6.45, 7) is 1.64. The van der Waals surface area contributed by atoms with Gasteiger partial charge in [-0.2, -0.15) is 0 Å². The molecular weight excluding hydrogens is 646 g/mol. The number of Topliss-reactive ketones (excluding diaryl/α,β-unsaturated/α-hetero) is 1. The van der Waals surface area contributed by atoms with Crippen LogP contribution in [0.1, 0.15) is 36.5 Å². The molecule has 0 radical (unpaired) electrons. The van der Waals surface area contributed by atoms with E-state index in [4.69, 9.17) is 14.2 Å². The van der Waals surface area contributed by atoms with Crippen molar-refractivity contribution >= 4 is 47.3 Å². The lowest BCUT2D eigenvalue weighted by molar-refractivity contribution is -0.123. The number of rotatable bonds is 8. The van der Waals surface area contributed by atoms with Gasteiger partial charge in [0.25, 0.3) is 0 Å². The van der Waals surface area contributed by atoms with Crippen LogP contribution < -0.4 is 19.1 Å². The van der Waals surface area contributed by atoms with Gasteiger partial charge in [-0.3, -0.25) is 24.1 Å². The molecule has 0 bridgehead atoms. The predicted molar refractivity (Wildman–Crippen MR) is 193 cm³/mol. The maximum atomic E-state index is 14.3. The van der Waals surface area contributed by atoms with Gasteiger partial charge in [-0.15, -0.1) is 0 Å². The van der Waals surface area contributed by atoms with E-state index in [1.165, 1.54) is 24.2 Å². The Morgan fingerprint density at radius 1 is 0.784 bits per heavy atom. The molecule has 1 N–H and O–H groups in total. The minimum absolute atomic E-state index is 0.00110. The number of ether oxygens (including phenoxy) is 3. The Labute approximate surface area is 295 Å². The molecule has 3 aromatic rings. The van der Waals surface area contributed by atoms with Crippen LogP contribution in [-0.4, -0.2) is 49.8 Å². The number of ketones is 2. The first kappa shape index (κ1) is 33.5. The SMILES string of the molecule is COc1ccc(OC)c(C=Cc2ccc(N3C(=O)[C@H]4[C@H](CC=C5[C@H](C=Cc6ccc(O)c(OC)c6)C6=C(C[C@H]54)C(=O)C=C(C)C6=O)C3=O)cc2)c1. The summed E-state index contributed by atoms with van der Waals surface area (Å²) in [5.41, 5.74) is 4.96. The number of methoxy groups -OCH3 is 3. The highest BCUT2D eigenvalue weighted by Gasteiger charge is 2.56. The van der Waals surface area contributed by atoms with E-state index in [2.05, 4.69) is 0 Å². The molecule has 1 fully saturated rings. The number of aromatic hydroxyl groups is 1. The molecule has 0 aromatic heterocycles. The van der Waals surface area contributed by atoms with Crippen LogP contribution in [-0.2, 0) is 19.2 Å². The molecule has 258 valence electrons. The molecule has 1 saturated heterocycles. The fourth-order valence-electron chi connectivity index (χ4n) is 7.79. The molecule has 7 rings (SSSR count). The third kappa shape index (κ3) is 5.88. The summed E-state index contributed by atoms with van der Waals surface area (Å²) >= 11 is 0. The molecular formula is C42H37NO8. The zero-order valence-electron chi connectivity index (χ0n) is 28.7. The lowest BCUT2D eigenvalue weighted by atomic mass is 9.60. The van der Waals surface area contributed by atoms with Crippen molar-refractivity contribution in [1.29, 1.82) is 0 Å². The number of phenols is 1. The van der Waals surface area contributed by atoms with Crippen molar-refractivity contribution < 1.29 is 38.5 Å². The van der Waals surface area contributed by atoms with E-state index in [0.717, 1.165) is 22.3 Å². The molecule has 2 amide bonds. The smallest absolute Gasteiger partial charge is 0.238 e. The number of nitrogens with zero attached hydrogens (tertiary/aromatic N) is 1. The first-order chi connectivity index (χ1) is 24.6. The minimum Gasteiger partial charge on any atom is -0.504 e. The molecule has 4 aliphatic rings. The van der Waals surface area contributed by atoms with Crippen LogP contribution in [0, 0.1) is 23.7 Å². The fraction of sp³-hybridized carbons (Fsp3) is 0.238. The van der Waals surface area contributed by atoms with Gasteiger partial charge < -0.3 is 19.3 Å². The Balaban J connectivity index is 1.18. The van der Waals surface area contributed by atoms with E-state index in [9.17, 15) is 24.3 Å². The van der Waals surface area contributed by atoms with Gasteiger partial charge in [-0.25, -0.2) is 0 Å². The fourth-order valence-corrected chi connectivity index (χ4v) is 7.79. The van der Waals surface area contributed by atoms with Gasteiger partial charge in [-0.1, -0.05) is 54.2 Å². The quantitative estimate of drug-likeness (QED) is 0.120. The standard InChI is InChI=1S/C42H37NO8/c1-23-19-35(45)33-22-32-29(30(38(33)40(23)46)14-8-25-9-17-34(44)37(20-25)51-4)15-16-31-39(32)42(48)43(41(31)47)27-11-6-24(7-12-27)5-10-26-21-28(49-2)13-18-36(26)50-3/h5-15,17-21,30-32,39,44H,16,22H2,1-4H3/t30-,31-,32+,39-/m0/s1. The van der Waals surface area contributed by atoms with Crippen molar-refractivity contribution in [3.8, 4) is 23.0 Å². The van der Waals surface area contributed by atoms with Crippen LogP contribution in [0.3, 0.4) is 0 Å². The molecule has 51 heavy (non-hydrogen) atoms. The van der Waals surface area contributed by atoms with Crippen LogP contribution in [0.4, 0.5) is 5.69 Å².